The average molecular weight is 288 g/mol. The highest BCUT2D eigenvalue weighted by molar-refractivity contribution is 7.10. The Morgan fingerprint density at radius 3 is 2.80 bits per heavy atom. The van der Waals surface area contributed by atoms with Crippen molar-refractivity contribution in [1.29, 1.82) is 0 Å². The van der Waals surface area contributed by atoms with Crippen molar-refractivity contribution >= 4 is 11.3 Å². The fraction of sp³-hybridized carbons (Fsp3) is 0.611. The number of allylic oxidation sites excluding steroid dienone is 2. The summed E-state index contributed by atoms with van der Waals surface area (Å²) in [5, 5.41) is 2.29. The van der Waals surface area contributed by atoms with Gasteiger partial charge in [-0.25, -0.2) is 0 Å². The fourth-order valence-electron chi connectivity index (χ4n) is 3.59. The van der Waals surface area contributed by atoms with E-state index in [-0.39, 0.29) is 0 Å². The molecule has 0 N–H and O–H groups in total. The second-order valence-corrected chi connectivity index (χ2v) is 6.87. The SMILES string of the molecule is CC.[CH]1Cc2sccc2[C@@H](CN2CCCCC2)C2C=C12. The third-order valence-electron chi connectivity index (χ3n) is 4.69. The molecule has 1 fully saturated rings. The maximum atomic E-state index is 2.70. The van der Waals surface area contributed by atoms with Gasteiger partial charge >= 0.3 is 0 Å². The van der Waals surface area contributed by atoms with E-state index in [1.807, 2.05) is 25.2 Å². The van der Waals surface area contributed by atoms with E-state index in [1.54, 1.807) is 16.0 Å². The van der Waals surface area contributed by atoms with Crippen molar-refractivity contribution in [3.63, 3.8) is 0 Å². The molecule has 1 unspecified atom stereocenters. The molecule has 4 rings (SSSR count). The average Bonchev–Trinajstić information content (AvgIpc) is 3.16. The van der Waals surface area contributed by atoms with E-state index in [1.165, 1.54) is 45.3 Å². The summed E-state index contributed by atoms with van der Waals surface area (Å²) in [7, 11) is 0. The van der Waals surface area contributed by atoms with E-state index in [9.17, 15) is 0 Å². The first-order chi connectivity index (χ1) is 9.92. The lowest BCUT2D eigenvalue weighted by atomic mass is 9.92. The van der Waals surface area contributed by atoms with Crippen molar-refractivity contribution in [1.82, 2.24) is 4.90 Å². The minimum Gasteiger partial charge on any atom is -0.303 e. The maximum Gasteiger partial charge on any atom is 0.00870 e. The van der Waals surface area contributed by atoms with Gasteiger partial charge in [0.15, 0.2) is 0 Å². The van der Waals surface area contributed by atoms with Crippen LogP contribution in [-0.4, -0.2) is 24.5 Å². The molecule has 0 amide bonds. The smallest absolute Gasteiger partial charge is 0.00870 e. The van der Waals surface area contributed by atoms with Crippen molar-refractivity contribution in [2.24, 2.45) is 5.92 Å². The van der Waals surface area contributed by atoms with E-state index in [0.29, 0.717) is 0 Å². The molecule has 0 aromatic carbocycles. The molecule has 1 nitrogen and oxygen atoms in total. The summed E-state index contributed by atoms with van der Waals surface area (Å²) < 4.78 is 0. The molecule has 1 radical (unpaired) electrons. The van der Waals surface area contributed by atoms with Crippen LogP contribution in [-0.2, 0) is 6.42 Å². The van der Waals surface area contributed by atoms with Gasteiger partial charge in [-0.15, -0.1) is 11.3 Å². The zero-order valence-electron chi connectivity index (χ0n) is 12.8. The summed E-state index contributed by atoms with van der Waals surface area (Å²) in [6, 6.07) is 2.39. The van der Waals surface area contributed by atoms with Gasteiger partial charge in [0.05, 0.1) is 0 Å². The van der Waals surface area contributed by atoms with Crippen LogP contribution in [0, 0.1) is 12.3 Å². The van der Waals surface area contributed by atoms with Crippen LogP contribution >= 0.6 is 11.3 Å². The van der Waals surface area contributed by atoms with E-state index in [0.717, 1.165) is 11.8 Å². The van der Waals surface area contributed by atoms with Crippen LogP contribution in [0.25, 0.3) is 0 Å². The molecule has 0 bridgehead atoms. The minimum atomic E-state index is 0.748. The molecule has 2 aliphatic carbocycles. The van der Waals surface area contributed by atoms with Gasteiger partial charge in [0, 0.05) is 23.3 Å². The Morgan fingerprint density at radius 1 is 1.20 bits per heavy atom. The highest BCUT2D eigenvalue weighted by Crippen LogP contribution is 2.48. The van der Waals surface area contributed by atoms with Crippen LogP contribution < -0.4 is 0 Å². The summed E-state index contributed by atoms with van der Waals surface area (Å²) in [6.45, 7) is 7.92. The Hall–Kier alpha value is -0.600. The summed E-state index contributed by atoms with van der Waals surface area (Å²) >= 11 is 1.95. The van der Waals surface area contributed by atoms with Crippen LogP contribution in [0.3, 0.4) is 0 Å². The highest BCUT2D eigenvalue weighted by Gasteiger charge is 2.38. The van der Waals surface area contributed by atoms with Crippen LogP contribution in [0.2, 0.25) is 0 Å². The summed E-state index contributed by atoms with van der Waals surface area (Å²) in [5.41, 5.74) is 3.27. The largest absolute Gasteiger partial charge is 0.303 e. The second kappa shape index (κ2) is 6.44. The van der Waals surface area contributed by atoms with E-state index in [2.05, 4.69) is 28.8 Å². The Kier molecular flexibility index (Phi) is 4.62. The van der Waals surface area contributed by atoms with Crippen molar-refractivity contribution in [3.8, 4) is 0 Å². The molecular weight excluding hydrogens is 262 g/mol. The first-order valence-electron chi connectivity index (χ1n) is 8.25. The van der Waals surface area contributed by atoms with E-state index >= 15 is 0 Å². The molecule has 2 heteroatoms. The molecular formula is C18H26NS. The monoisotopic (exact) mass is 288 g/mol. The quantitative estimate of drug-likeness (QED) is 0.765. The summed E-state index contributed by atoms with van der Waals surface area (Å²) in [5.74, 6) is 1.51. The fourth-order valence-corrected chi connectivity index (χ4v) is 4.51. The zero-order chi connectivity index (χ0) is 13.9. The maximum absolute atomic E-state index is 2.70. The normalized spacial score (nSPS) is 28.4. The first-order valence-corrected chi connectivity index (χ1v) is 9.13. The number of likely N-dealkylation sites (tertiary alicyclic amines) is 1. The van der Waals surface area contributed by atoms with E-state index < -0.39 is 0 Å². The molecule has 1 aliphatic heterocycles. The Bertz CT molecular complexity index is 468. The number of hydrogen-bond donors (Lipinski definition) is 0. The molecule has 109 valence electrons. The van der Waals surface area contributed by atoms with Crippen LogP contribution in [0.4, 0.5) is 0 Å². The number of piperidine rings is 1. The second-order valence-electron chi connectivity index (χ2n) is 5.87. The lowest BCUT2D eigenvalue weighted by molar-refractivity contribution is 0.211. The van der Waals surface area contributed by atoms with Gasteiger partial charge < -0.3 is 4.90 Å². The Labute approximate surface area is 127 Å². The standard InChI is InChI=1S/C16H20NS.C2H6/c1-2-7-17(8-3-1)11-15-13-6-9-18-16(13)5-4-12-10-14(12)15;1-2/h4,6,9-10,14-15H,1-3,5,7-8,11H2;1-2H3/t14?,15-;/m1./s1. The molecule has 3 aliphatic rings. The number of nitrogens with zero attached hydrogens (tertiary/aromatic N) is 1. The first kappa shape index (κ1) is 14.3. The van der Waals surface area contributed by atoms with Crippen LogP contribution in [0.5, 0.6) is 0 Å². The number of rotatable bonds is 2. The van der Waals surface area contributed by atoms with Crippen molar-refractivity contribution in [3.05, 3.63) is 40.0 Å². The number of fused-ring (bicyclic) bond motifs is 2. The minimum absolute atomic E-state index is 0.748. The summed E-state index contributed by atoms with van der Waals surface area (Å²) in [4.78, 5) is 4.31. The molecule has 2 heterocycles. The van der Waals surface area contributed by atoms with Gasteiger partial charge in [0.1, 0.15) is 0 Å². The predicted molar refractivity (Wildman–Crippen MR) is 88.3 cm³/mol. The topological polar surface area (TPSA) is 3.24 Å². The molecule has 1 saturated heterocycles. The number of thiophene rings is 1. The van der Waals surface area contributed by atoms with Gasteiger partial charge in [0.2, 0.25) is 0 Å². The van der Waals surface area contributed by atoms with Crippen molar-refractivity contribution in [2.75, 3.05) is 19.6 Å². The van der Waals surface area contributed by atoms with Crippen LogP contribution in [0.15, 0.2) is 23.1 Å². The Balaban J connectivity index is 0.000000581. The molecule has 0 saturated carbocycles. The van der Waals surface area contributed by atoms with Gasteiger partial charge in [-0.1, -0.05) is 31.9 Å². The van der Waals surface area contributed by atoms with Crippen LogP contribution in [0.1, 0.15) is 49.5 Å². The zero-order valence-corrected chi connectivity index (χ0v) is 13.6. The summed E-state index contributed by atoms with van der Waals surface area (Å²) in [6.07, 6.45) is 10.4. The van der Waals surface area contributed by atoms with Gasteiger partial charge in [-0.2, -0.15) is 0 Å². The lowest BCUT2D eigenvalue weighted by Crippen LogP contribution is -2.34. The molecule has 0 spiro atoms. The van der Waals surface area contributed by atoms with Crippen molar-refractivity contribution < 1.29 is 0 Å². The predicted octanol–water partition coefficient (Wildman–Crippen LogP) is 4.66. The van der Waals surface area contributed by atoms with Gasteiger partial charge in [-0.3, -0.25) is 0 Å². The number of hydrogen-bond acceptors (Lipinski definition) is 2. The highest BCUT2D eigenvalue weighted by atomic mass is 32.1. The van der Waals surface area contributed by atoms with Gasteiger partial charge in [-0.05, 0) is 55.8 Å². The Morgan fingerprint density at radius 2 is 2.00 bits per heavy atom. The third kappa shape index (κ3) is 2.87. The molecule has 2 atom stereocenters. The lowest BCUT2D eigenvalue weighted by Gasteiger charge is -2.30. The van der Waals surface area contributed by atoms with E-state index in [4.69, 9.17) is 0 Å². The molecule has 20 heavy (non-hydrogen) atoms. The third-order valence-corrected chi connectivity index (χ3v) is 5.65. The molecule has 1 aromatic rings. The van der Waals surface area contributed by atoms with Crippen molar-refractivity contribution in [2.45, 2.75) is 45.4 Å². The molecule has 1 aromatic heterocycles. The van der Waals surface area contributed by atoms with Gasteiger partial charge in [0.25, 0.3) is 0 Å².